The molecule has 4 rings (SSSR count). The first-order valence-electron chi connectivity index (χ1n) is 9.95. The molecular weight excluding hydrogens is 437 g/mol. The van der Waals surface area contributed by atoms with E-state index < -0.39 is 26.6 Å². The molecule has 1 amide bonds. The van der Waals surface area contributed by atoms with E-state index in [1.54, 1.807) is 6.92 Å². The van der Waals surface area contributed by atoms with E-state index in [4.69, 9.17) is 4.74 Å². The Morgan fingerprint density at radius 1 is 1.09 bits per heavy atom. The standard InChI is InChI=1S/C21H22FN5O4S/c1-14-3-6-17(7-4-14)27-15(2)20(24-25-27)21(28)23-16-5-8-18(22)19(13-16)32(29,30)26-9-11-31-12-10-26/h3-8,13H,9-12H2,1-2H3,(H,23,28). The van der Waals surface area contributed by atoms with Crippen molar-refractivity contribution < 1.29 is 22.3 Å². The molecule has 0 saturated carbocycles. The number of hydrogen-bond donors (Lipinski definition) is 1. The number of carbonyl (C=O) groups excluding carboxylic acids is 1. The first kappa shape index (κ1) is 22.1. The first-order chi connectivity index (χ1) is 15.3. The molecule has 168 valence electrons. The lowest BCUT2D eigenvalue weighted by atomic mass is 10.2. The Morgan fingerprint density at radius 2 is 1.78 bits per heavy atom. The Hall–Kier alpha value is -3.15. The van der Waals surface area contributed by atoms with E-state index in [2.05, 4.69) is 15.6 Å². The van der Waals surface area contributed by atoms with Gasteiger partial charge in [0.05, 0.1) is 24.6 Å². The maximum atomic E-state index is 14.4. The molecule has 11 heteroatoms. The van der Waals surface area contributed by atoms with Gasteiger partial charge in [0.15, 0.2) is 5.69 Å². The average Bonchev–Trinajstić information content (AvgIpc) is 3.17. The van der Waals surface area contributed by atoms with Crippen LogP contribution in [-0.4, -0.2) is 59.9 Å². The number of rotatable bonds is 5. The molecule has 0 aliphatic carbocycles. The Bertz CT molecular complexity index is 1250. The molecule has 1 aromatic heterocycles. The van der Waals surface area contributed by atoms with E-state index in [0.717, 1.165) is 27.7 Å². The van der Waals surface area contributed by atoms with Crippen LogP contribution in [0.5, 0.6) is 0 Å². The summed E-state index contributed by atoms with van der Waals surface area (Å²) in [6, 6.07) is 11.0. The van der Waals surface area contributed by atoms with Gasteiger partial charge in [0, 0.05) is 18.8 Å². The number of carbonyl (C=O) groups is 1. The molecule has 1 aliphatic heterocycles. The first-order valence-corrected chi connectivity index (χ1v) is 11.4. The van der Waals surface area contributed by atoms with E-state index in [1.807, 2.05) is 31.2 Å². The number of sulfonamides is 1. The number of nitrogens with zero attached hydrogens (tertiary/aromatic N) is 4. The minimum Gasteiger partial charge on any atom is -0.379 e. The molecule has 2 heterocycles. The number of nitrogens with one attached hydrogen (secondary N) is 1. The van der Waals surface area contributed by atoms with Crippen molar-refractivity contribution in [1.29, 1.82) is 0 Å². The van der Waals surface area contributed by atoms with Crippen LogP contribution in [0.4, 0.5) is 10.1 Å². The molecule has 3 aromatic rings. The van der Waals surface area contributed by atoms with Crippen molar-refractivity contribution >= 4 is 21.6 Å². The fraction of sp³-hybridized carbons (Fsp3) is 0.286. The van der Waals surface area contributed by atoms with Gasteiger partial charge in [-0.3, -0.25) is 4.79 Å². The molecule has 1 saturated heterocycles. The molecular formula is C21H22FN5O4S. The van der Waals surface area contributed by atoms with Crippen molar-refractivity contribution in [3.05, 3.63) is 65.2 Å². The van der Waals surface area contributed by atoms with Crippen LogP contribution >= 0.6 is 0 Å². The van der Waals surface area contributed by atoms with Gasteiger partial charge in [-0.1, -0.05) is 22.9 Å². The zero-order valence-corrected chi connectivity index (χ0v) is 18.4. The number of hydrogen-bond acceptors (Lipinski definition) is 6. The van der Waals surface area contributed by atoms with Gasteiger partial charge >= 0.3 is 0 Å². The van der Waals surface area contributed by atoms with E-state index in [9.17, 15) is 17.6 Å². The monoisotopic (exact) mass is 459 g/mol. The minimum absolute atomic E-state index is 0.0764. The Morgan fingerprint density at radius 3 is 2.47 bits per heavy atom. The molecule has 0 bridgehead atoms. The van der Waals surface area contributed by atoms with Crippen molar-refractivity contribution in [2.24, 2.45) is 0 Å². The maximum absolute atomic E-state index is 14.4. The van der Waals surface area contributed by atoms with Crippen molar-refractivity contribution in [3.8, 4) is 5.69 Å². The molecule has 9 nitrogen and oxygen atoms in total. The van der Waals surface area contributed by atoms with Crippen molar-refractivity contribution in [2.45, 2.75) is 18.7 Å². The fourth-order valence-corrected chi connectivity index (χ4v) is 4.86. The van der Waals surface area contributed by atoms with Gasteiger partial charge in [0.1, 0.15) is 10.7 Å². The SMILES string of the molecule is Cc1ccc(-n2nnc(C(=O)Nc3ccc(F)c(S(=O)(=O)N4CCOCC4)c3)c2C)cc1. The second-order valence-corrected chi connectivity index (χ2v) is 9.29. The summed E-state index contributed by atoms with van der Waals surface area (Å²) in [5.41, 5.74) is 2.55. The fourth-order valence-electron chi connectivity index (χ4n) is 3.37. The van der Waals surface area contributed by atoms with E-state index in [1.165, 1.54) is 10.7 Å². The second-order valence-electron chi connectivity index (χ2n) is 7.39. The zero-order valence-electron chi connectivity index (χ0n) is 17.6. The molecule has 1 aliphatic rings. The number of aryl methyl sites for hydroxylation is 1. The molecule has 1 N–H and O–H groups in total. The zero-order chi connectivity index (χ0) is 22.9. The predicted molar refractivity (Wildman–Crippen MR) is 115 cm³/mol. The largest absolute Gasteiger partial charge is 0.379 e. The maximum Gasteiger partial charge on any atom is 0.278 e. The number of benzene rings is 2. The number of aromatic nitrogens is 3. The summed E-state index contributed by atoms with van der Waals surface area (Å²) in [6.07, 6.45) is 0. The Kier molecular flexibility index (Phi) is 6.04. The van der Waals surface area contributed by atoms with Gasteiger partial charge in [-0.05, 0) is 44.2 Å². The van der Waals surface area contributed by atoms with Crippen LogP contribution in [0.3, 0.4) is 0 Å². The van der Waals surface area contributed by atoms with Gasteiger partial charge in [-0.25, -0.2) is 17.5 Å². The number of halogens is 1. The quantitative estimate of drug-likeness (QED) is 0.628. The van der Waals surface area contributed by atoms with Crippen molar-refractivity contribution in [3.63, 3.8) is 0 Å². The summed E-state index contributed by atoms with van der Waals surface area (Å²) in [5, 5.41) is 10.6. The summed E-state index contributed by atoms with van der Waals surface area (Å²) in [7, 11) is -4.06. The average molecular weight is 460 g/mol. The normalized spacial score (nSPS) is 15.0. The van der Waals surface area contributed by atoms with E-state index in [0.29, 0.717) is 5.69 Å². The number of amides is 1. The number of morpholine rings is 1. The predicted octanol–water partition coefficient (Wildman–Crippen LogP) is 2.30. The highest BCUT2D eigenvalue weighted by Crippen LogP contribution is 2.24. The lowest BCUT2D eigenvalue weighted by molar-refractivity contribution is 0.0729. The molecule has 0 unspecified atom stereocenters. The highest BCUT2D eigenvalue weighted by Gasteiger charge is 2.29. The number of anilines is 1. The third-order valence-electron chi connectivity index (χ3n) is 5.17. The summed E-state index contributed by atoms with van der Waals surface area (Å²) in [6.45, 7) is 4.43. The molecule has 0 radical (unpaired) electrons. The molecule has 0 spiro atoms. The number of ether oxygens (including phenoxy) is 1. The molecule has 32 heavy (non-hydrogen) atoms. The van der Waals surface area contributed by atoms with Crippen molar-refractivity contribution in [2.75, 3.05) is 31.6 Å². The smallest absolute Gasteiger partial charge is 0.278 e. The highest BCUT2D eigenvalue weighted by molar-refractivity contribution is 7.89. The van der Waals surface area contributed by atoms with Gasteiger partial charge < -0.3 is 10.1 Å². The third kappa shape index (κ3) is 4.27. The van der Waals surface area contributed by atoms with Gasteiger partial charge in [0.2, 0.25) is 10.0 Å². The summed E-state index contributed by atoms with van der Waals surface area (Å²) < 4.78 is 47.9. The summed E-state index contributed by atoms with van der Waals surface area (Å²) in [5.74, 6) is -1.47. The Balaban J connectivity index is 1.58. The lowest BCUT2D eigenvalue weighted by Gasteiger charge is -2.26. The summed E-state index contributed by atoms with van der Waals surface area (Å²) >= 11 is 0. The highest BCUT2D eigenvalue weighted by atomic mass is 32.2. The van der Waals surface area contributed by atoms with Crippen LogP contribution in [0.2, 0.25) is 0 Å². The van der Waals surface area contributed by atoms with Gasteiger partial charge in [-0.15, -0.1) is 5.10 Å². The van der Waals surface area contributed by atoms with E-state index in [-0.39, 0.29) is 37.7 Å². The van der Waals surface area contributed by atoms with Crippen LogP contribution in [0.15, 0.2) is 47.4 Å². The third-order valence-corrected chi connectivity index (χ3v) is 7.08. The van der Waals surface area contributed by atoms with Crippen LogP contribution in [0, 0.1) is 19.7 Å². The molecule has 0 atom stereocenters. The van der Waals surface area contributed by atoms with Crippen LogP contribution < -0.4 is 5.32 Å². The van der Waals surface area contributed by atoms with Crippen LogP contribution in [0.1, 0.15) is 21.7 Å². The summed E-state index contributed by atoms with van der Waals surface area (Å²) in [4.78, 5) is 12.3. The molecule has 1 fully saturated rings. The van der Waals surface area contributed by atoms with Gasteiger partial charge in [-0.2, -0.15) is 4.31 Å². The topological polar surface area (TPSA) is 106 Å². The molecule has 2 aromatic carbocycles. The lowest BCUT2D eigenvalue weighted by Crippen LogP contribution is -2.40. The van der Waals surface area contributed by atoms with E-state index >= 15 is 0 Å². The van der Waals surface area contributed by atoms with Crippen LogP contribution in [-0.2, 0) is 14.8 Å². The van der Waals surface area contributed by atoms with Crippen LogP contribution in [0.25, 0.3) is 5.69 Å². The van der Waals surface area contributed by atoms with Gasteiger partial charge in [0.25, 0.3) is 5.91 Å². The van der Waals surface area contributed by atoms with Crippen molar-refractivity contribution in [1.82, 2.24) is 19.3 Å². The Labute approximate surface area is 184 Å². The minimum atomic E-state index is -4.06. The second kappa shape index (κ2) is 8.77.